The molecule has 2 unspecified atom stereocenters. The summed E-state index contributed by atoms with van der Waals surface area (Å²) in [6, 6.07) is 0. The van der Waals surface area contributed by atoms with E-state index in [2.05, 4.69) is 11.9 Å². The Hall–Kier alpha value is -1.16. The Morgan fingerprint density at radius 2 is 2.50 bits per heavy atom. The molecular formula is C12H18N2O2. The van der Waals surface area contributed by atoms with Crippen LogP contribution in [0.3, 0.4) is 0 Å². The highest BCUT2D eigenvalue weighted by Crippen LogP contribution is 2.22. The minimum Gasteiger partial charge on any atom is -0.370 e. The lowest BCUT2D eigenvalue weighted by Crippen LogP contribution is -2.25. The van der Waals surface area contributed by atoms with Crippen molar-refractivity contribution >= 4 is 5.78 Å². The topological polar surface area (TPSA) is 44.1 Å². The predicted molar refractivity (Wildman–Crippen MR) is 60.1 cm³/mol. The summed E-state index contributed by atoms with van der Waals surface area (Å²) in [5.41, 5.74) is 0. The second-order valence-electron chi connectivity index (χ2n) is 4.48. The zero-order chi connectivity index (χ0) is 11.5. The lowest BCUT2D eigenvalue weighted by atomic mass is 9.98. The maximum atomic E-state index is 11.9. The van der Waals surface area contributed by atoms with Crippen LogP contribution in [-0.2, 0) is 23.0 Å². The molecule has 4 nitrogen and oxygen atoms in total. The van der Waals surface area contributed by atoms with E-state index in [0.717, 1.165) is 18.9 Å². The first-order chi connectivity index (χ1) is 7.68. The van der Waals surface area contributed by atoms with Gasteiger partial charge in [0.2, 0.25) is 0 Å². The Labute approximate surface area is 95.6 Å². The number of imidazole rings is 1. The van der Waals surface area contributed by atoms with E-state index in [1.807, 2.05) is 17.8 Å². The number of hydrogen-bond donors (Lipinski definition) is 0. The number of carbonyl (C=O) groups is 1. The number of carbonyl (C=O) groups excluding carboxylic acids is 1. The van der Waals surface area contributed by atoms with Crippen LogP contribution >= 0.6 is 0 Å². The highest BCUT2D eigenvalue weighted by Gasteiger charge is 2.30. The van der Waals surface area contributed by atoms with Crippen LogP contribution in [0.2, 0.25) is 0 Å². The maximum absolute atomic E-state index is 11.9. The van der Waals surface area contributed by atoms with E-state index in [-0.39, 0.29) is 11.9 Å². The molecule has 16 heavy (non-hydrogen) atoms. The van der Waals surface area contributed by atoms with E-state index in [9.17, 15) is 4.79 Å². The fraction of sp³-hybridized carbons (Fsp3) is 0.667. The molecule has 1 saturated heterocycles. The Kier molecular flexibility index (Phi) is 3.39. The monoisotopic (exact) mass is 222 g/mol. The van der Waals surface area contributed by atoms with E-state index in [1.165, 1.54) is 0 Å². The molecule has 0 N–H and O–H groups in total. The average Bonchev–Trinajstić information content (AvgIpc) is 2.84. The molecule has 4 heteroatoms. The molecule has 88 valence electrons. The number of aromatic nitrogens is 2. The molecule has 1 fully saturated rings. The number of nitrogens with zero attached hydrogens (tertiary/aromatic N) is 2. The van der Waals surface area contributed by atoms with Crippen LogP contribution in [0.5, 0.6) is 0 Å². The number of aryl methyl sites for hydroxylation is 2. The van der Waals surface area contributed by atoms with Crippen LogP contribution < -0.4 is 0 Å². The molecule has 1 aromatic heterocycles. The smallest absolute Gasteiger partial charge is 0.162 e. The number of rotatable bonds is 4. The van der Waals surface area contributed by atoms with Gasteiger partial charge in [0.15, 0.2) is 5.78 Å². The summed E-state index contributed by atoms with van der Waals surface area (Å²) in [6.45, 7) is 2.80. The van der Waals surface area contributed by atoms with E-state index in [0.29, 0.717) is 18.8 Å². The van der Waals surface area contributed by atoms with Crippen molar-refractivity contribution in [2.24, 2.45) is 13.0 Å². The average molecular weight is 222 g/mol. The number of Topliss-reactive ketones (excluding diaryl/α,β-unsaturated/α-hetero) is 1. The minimum atomic E-state index is -0.180. The summed E-state index contributed by atoms with van der Waals surface area (Å²) in [7, 11) is 1.95. The van der Waals surface area contributed by atoms with Gasteiger partial charge in [-0.15, -0.1) is 0 Å². The van der Waals surface area contributed by atoms with Gasteiger partial charge < -0.3 is 9.30 Å². The lowest BCUT2D eigenvalue weighted by Gasteiger charge is -2.12. The predicted octanol–water partition coefficient (Wildman–Crippen LogP) is 1.35. The molecule has 0 radical (unpaired) electrons. The van der Waals surface area contributed by atoms with Gasteiger partial charge >= 0.3 is 0 Å². The largest absolute Gasteiger partial charge is 0.370 e. The van der Waals surface area contributed by atoms with Gasteiger partial charge in [0, 0.05) is 38.9 Å². The lowest BCUT2D eigenvalue weighted by molar-refractivity contribution is -0.129. The Bertz CT molecular complexity index is 373. The van der Waals surface area contributed by atoms with Gasteiger partial charge in [0.1, 0.15) is 11.9 Å². The summed E-state index contributed by atoms with van der Waals surface area (Å²) in [6.07, 6.45) is 5.71. The summed E-state index contributed by atoms with van der Waals surface area (Å²) in [4.78, 5) is 16.1. The highest BCUT2D eigenvalue weighted by molar-refractivity contribution is 5.83. The number of hydrogen-bond acceptors (Lipinski definition) is 3. The quantitative estimate of drug-likeness (QED) is 0.772. The van der Waals surface area contributed by atoms with Gasteiger partial charge in [0.25, 0.3) is 0 Å². The van der Waals surface area contributed by atoms with Crippen molar-refractivity contribution in [1.82, 2.24) is 9.55 Å². The van der Waals surface area contributed by atoms with Crippen molar-refractivity contribution in [1.29, 1.82) is 0 Å². The molecule has 0 amide bonds. The fourth-order valence-corrected chi connectivity index (χ4v) is 2.12. The van der Waals surface area contributed by atoms with E-state index >= 15 is 0 Å². The van der Waals surface area contributed by atoms with Crippen LogP contribution in [0.1, 0.15) is 25.6 Å². The molecular weight excluding hydrogens is 204 g/mol. The molecule has 2 rings (SSSR count). The summed E-state index contributed by atoms with van der Waals surface area (Å²) in [5, 5.41) is 0. The van der Waals surface area contributed by atoms with E-state index < -0.39 is 0 Å². The summed E-state index contributed by atoms with van der Waals surface area (Å²) >= 11 is 0. The van der Waals surface area contributed by atoms with Gasteiger partial charge in [-0.25, -0.2) is 4.98 Å². The molecule has 1 aliphatic rings. The molecule has 0 bridgehead atoms. The second-order valence-corrected chi connectivity index (χ2v) is 4.48. The Morgan fingerprint density at radius 1 is 1.69 bits per heavy atom. The molecule has 0 saturated carbocycles. The molecule has 2 atom stereocenters. The third-order valence-electron chi connectivity index (χ3n) is 3.22. The molecule has 1 aliphatic heterocycles. The third kappa shape index (κ3) is 2.32. The van der Waals surface area contributed by atoms with E-state index in [1.54, 1.807) is 6.20 Å². The maximum Gasteiger partial charge on any atom is 0.162 e. The van der Waals surface area contributed by atoms with Gasteiger partial charge in [-0.2, -0.15) is 0 Å². The normalized spacial score (nSPS) is 24.9. The van der Waals surface area contributed by atoms with Crippen molar-refractivity contribution in [3.63, 3.8) is 0 Å². The van der Waals surface area contributed by atoms with Gasteiger partial charge in [0.05, 0.1) is 0 Å². The second kappa shape index (κ2) is 4.78. The SMILES string of the molecule is CC1CCOC1C(=O)CCc1nccn1C. The number of ether oxygens (including phenoxy) is 1. The first-order valence-electron chi connectivity index (χ1n) is 5.79. The van der Waals surface area contributed by atoms with Crippen LogP contribution in [0.4, 0.5) is 0 Å². The molecule has 0 aromatic carbocycles. The first-order valence-corrected chi connectivity index (χ1v) is 5.79. The minimum absolute atomic E-state index is 0.180. The van der Waals surface area contributed by atoms with Crippen LogP contribution in [-0.4, -0.2) is 28.0 Å². The highest BCUT2D eigenvalue weighted by atomic mass is 16.5. The molecule has 1 aromatic rings. The molecule has 0 spiro atoms. The first kappa shape index (κ1) is 11.3. The van der Waals surface area contributed by atoms with Gasteiger partial charge in [-0.05, 0) is 12.3 Å². The Morgan fingerprint density at radius 3 is 3.06 bits per heavy atom. The van der Waals surface area contributed by atoms with Crippen molar-refractivity contribution < 1.29 is 9.53 Å². The van der Waals surface area contributed by atoms with Crippen LogP contribution in [0.25, 0.3) is 0 Å². The summed E-state index contributed by atoms with van der Waals surface area (Å²) in [5.74, 6) is 1.54. The van der Waals surface area contributed by atoms with Crippen molar-refractivity contribution in [3.05, 3.63) is 18.2 Å². The number of ketones is 1. The van der Waals surface area contributed by atoms with Gasteiger partial charge in [-0.3, -0.25) is 4.79 Å². The zero-order valence-electron chi connectivity index (χ0n) is 9.85. The van der Waals surface area contributed by atoms with Crippen molar-refractivity contribution in [2.45, 2.75) is 32.3 Å². The standard InChI is InChI=1S/C12H18N2O2/c1-9-5-8-16-12(9)10(15)3-4-11-13-6-7-14(11)2/h6-7,9,12H,3-5,8H2,1-2H3. The van der Waals surface area contributed by atoms with E-state index in [4.69, 9.17) is 4.74 Å². The van der Waals surface area contributed by atoms with Crippen LogP contribution in [0.15, 0.2) is 12.4 Å². The van der Waals surface area contributed by atoms with Crippen molar-refractivity contribution in [2.75, 3.05) is 6.61 Å². The molecule has 2 heterocycles. The van der Waals surface area contributed by atoms with Crippen LogP contribution in [0, 0.1) is 5.92 Å². The summed E-state index contributed by atoms with van der Waals surface area (Å²) < 4.78 is 7.40. The van der Waals surface area contributed by atoms with Gasteiger partial charge in [-0.1, -0.05) is 6.92 Å². The zero-order valence-corrected chi connectivity index (χ0v) is 9.85. The third-order valence-corrected chi connectivity index (χ3v) is 3.22. The Balaban J connectivity index is 1.86. The van der Waals surface area contributed by atoms with Crippen molar-refractivity contribution in [3.8, 4) is 0 Å². The fourth-order valence-electron chi connectivity index (χ4n) is 2.12. The molecule has 0 aliphatic carbocycles.